The summed E-state index contributed by atoms with van der Waals surface area (Å²) in [6.45, 7) is 2.78. The van der Waals surface area contributed by atoms with Gasteiger partial charge in [-0.1, -0.05) is 11.3 Å². The molecule has 0 aromatic carbocycles. The molecule has 0 atom stereocenters. The molecule has 0 aliphatic carbocycles. The number of hydrogen-bond donors (Lipinski definition) is 1. The largest absolute Gasteiger partial charge is 0.377 e. The first-order valence-corrected chi connectivity index (χ1v) is 5.26. The first kappa shape index (κ1) is 12.0. The second-order valence-electron chi connectivity index (χ2n) is 2.62. The van der Waals surface area contributed by atoms with E-state index in [0.29, 0.717) is 18.3 Å². The molecule has 0 aliphatic rings. The normalized spacial score (nSPS) is 10.3. The Morgan fingerprint density at radius 2 is 2.33 bits per heavy atom. The molecule has 7 heteroatoms. The van der Waals surface area contributed by atoms with Gasteiger partial charge in [-0.05, 0) is 6.92 Å². The van der Waals surface area contributed by atoms with Crippen molar-refractivity contribution in [2.75, 3.05) is 25.6 Å². The van der Waals surface area contributed by atoms with Crippen LogP contribution >= 0.6 is 11.3 Å². The number of carbonyl (C=O) groups excluding carboxylic acids is 1. The smallest absolute Gasteiger partial charge is 0.252 e. The molecule has 1 amide bonds. The van der Waals surface area contributed by atoms with Crippen LogP contribution in [0.3, 0.4) is 0 Å². The number of amides is 1. The van der Waals surface area contributed by atoms with E-state index in [0.717, 1.165) is 5.01 Å². The fourth-order valence-electron chi connectivity index (χ4n) is 0.836. The van der Waals surface area contributed by atoms with Crippen LogP contribution in [-0.2, 0) is 20.9 Å². The van der Waals surface area contributed by atoms with E-state index in [2.05, 4.69) is 15.5 Å². The van der Waals surface area contributed by atoms with Gasteiger partial charge in [0.1, 0.15) is 18.2 Å². The summed E-state index contributed by atoms with van der Waals surface area (Å²) < 4.78 is 9.82. The van der Waals surface area contributed by atoms with E-state index >= 15 is 0 Å². The van der Waals surface area contributed by atoms with Crippen molar-refractivity contribution >= 4 is 22.4 Å². The molecule has 0 bridgehead atoms. The predicted octanol–water partition coefficient (Wildman–Crippen LogP) is 0.659. The highest BCUT2D eigenvalue weighted by atomic mass is 32.1. The third-order valence-electron chi connectivity index (χ3n) is 1.42. The van der Waals surface area contributed by atoms with Crippen LogP contribution in [-0.4, -0.2) is 36.4 Å². The molecule has 0 spiro atoms. The lowest BCUT2D eigenvalue weighted by Gasteiger charge is -1.99. The van der Waals surface area contributed by atoms with Crippen molar-refractivity contribution < 1.29 is 14.3 Å². The average Bonchev–Trinajstić information content (AvgIpc) is 2.63. The number of rotatable bonds is 6. The minimum absolute atomic E-state index is 0.0374. The molecule has 6 nitrogen and oxygen atoms in total. The van der Waals surface area contributed by atoms with Crippen molar-refractivity contribution in [3.63, 3.8) is 0 Å². The molecule has 1 rings (SSSR count). The van der Waals surface area contributed by atoms with Crippen LogP contribution in [0.15, 0.2) is 0 Å². The number of ether oxygens (including phenoxy) is 2. The zero-order valence-corrected chi connectivity index (χ0v) is 9.47. The van der Waals surface area contributed by atoms with Gasteiger partial charge >= 0.3 is 0 Å². The Labute approximate surface area is 91.6 Å². The highest BCUT2D eigenvalue weighted by molar-refractivity contribution is 7.15. The van der Waals surface area contributed by atoms with Crippen molar-refractivity contribution in [3.8, 4) is 0 Å². The average molecular weight is 231 g/mol. The van der Waals surface area contributed by atoms with Crippen LogP contribution in [0, 0.1) is 0 Å². The molecular weight excluding hydrogens is 218 g/mol. The molecule has 0 saturated heterocycles. The Morgan fingerprint density at radius 3 is 3.00 bits per heavy atom. The van der Waals surface area contributed by atoms with E-state index in [-0.39, 0.29) is 12.5 Å². The molecule has 1 N–H and O–H groups in total. The monoisotopic (exact) mass is 231 g/mol. The summed E-state index contributed by atoms with van der Waals surface area (Å²) in [6, 6.07) is 0. The highest BCUT2D eigenvalue weighted by Gasteiger charge is 2.07. The fourth-order valence-corrected chi connectivity index (χ4v) is 1.56. The zero-order chi connectivity index (χ0) is 11.1. The van der Waals surface area contributed by atoms with E-state index in [1.165, 1.54) is 11.3 Å². The van der Waals surface area contributed by atoms with Gasteiger partial charge < -0.3 is 9.47 Å². The molecule has 84 valence electrons. The molecule has 15 heavy (non-hydrogen) atoms. The predicted molar refractivity (Wildman–Crippen MR) is 55.7 cm³/mol. The summed E-state index contributed by atoms with van der Waals surface area (Å²) in [6.07, 6.45) is 0. The summed E-state index contributed by atoms with van der Waals surface area (Å²) in [5.74, 6) is -0.225. The number of carbonyl (C=O) groups is 1. The summed E-state index contributed by atoms with van der Waals surface area (Å²) in [4.78, 5) is 11.2. The second kappa shape index (κ2) is 6.44. The molecule has 0 radical (unpaired) electrons. The van der Waals surface area contributed by atoms with Crippen LogP contribution in [0.1, 0.15) is 11.9 Å². The minimum atomic E-state index is -0.225. The Morgan fingerprint density at radius 1 is 1.53 bits per heavy atom. The van der Waals surface area contributed by atoms with E-state index in [9.17, 15) is 4.79 Å². The van der Waals surface area contributed by atoms with E-state index in [4.69, 9.17) is 9.47 Å². The molecule has 0 saturated carbocycles. The van der Waals surface area contributed by atoms with Crippen molar-refractivity contribution in [1.82, 2.24) is 10.2 Å². The first-order chi connectivity index (χ1) is 7.26. The van der Waals surface area contributed by atoms with E-state index < -0.39 is 0 Å². The van der Waals surface area contributed by atoms with Crippen LogP contribution in [0.25, 0.3) is 0 Å². The van der Waals surface area contributed by atoms with Crippen molar-refractivity contribution in [3.05, 3.63) is 5.01 Å². The first-order valence-electron chi connectivity index (χ1n) is 4.45. The standard InChI is InChI=1S/C8H13N3O3S/c1-3-14-4-6(12)9-8-11-10-7(15-8)5-13-2/h3-5H2,1-2H3,(H,9,11,12). The third kappa shape index (κ3) is 4.32. The van der Waals surface area contributed by atoms with Crippen molar-refractivity contribution in [2.24, 2.45) is 0 Å². The van der Waals surface area contributed by atoms with Crippen LogP contribution < -0.4 is 5.32 Å². The Bertz CT molecular complexity index is 316. The molecule has 0 fully saturated rings. The molecule has 1 aromatic heterocycles. The SMILES string of the molecule is CCOCC(=O)Nc1nnc(COC)s1. The number of hydrogen-bond acceptors (Lipinski definition) is 6. The lowest BCUT2D eigenvalue weighted by molar-refractivity contribution is -0.120. The maximum absolute atomic E-state index is 11.2. The van der Waals surface area contributed by atoms with Gasteiger partial charge in [0.15, 0.2) is 0 Å². The molecule has 1 aromatic rings. The molecule has 0 aliphatic heterocycles. The van der Waals surface area contributed by atoms with Crippen molar-refractivity contribution in [2.45, 2.75) is 13.5 Å². The van der Waals surface area contributed by atoms with Gasteiger partial charge in [0, 0.05) is 13.7 Å². The van der Waals surface area contributed by atoms with Gasteiger partial charge in [0.05, 0.1) is 0 Å². The lowest BCUT2D eigenvalue weighted by atomic mass is 10.6. The number of methoxy groups -OCH3 is 1. The quantitative estimate of drug-likeness (QED) is 0.778. The Hall–Kier alpha value is -1.05. The van der Waals surface area contributed by atoms with E-state index in [1.807, 2.05) is 6.92 Å². The summed E-state index contributed by atoms with van der Waals surface area (Å²) in [5.41, 5.74) is 0. The zero-order valence-electron chi connectivity index (χ0n) is 8.65. The van der Waals surface area contributed by atoms with Gasteiger partial charge in [0.25, 0.3) is 5.91 Å². The van der Waals surface area contributed by atoms with Gasteiger partial charge in [-0.15, -0.1) is 10.2 Å². The number of aromatic nitrogens is 2. The summed E-state index contributed by atoms with van der Waals surface area (Å²) in [5, 5.41) is 11.4. The minimum Gasteiger partial charge on any atom is -0.377 e. The molecule has 0 unspecified atom stereocenters. The second-order valence-corrected chi connectivity index (χ2v) is 3.68. The van der Waals surface area contributed by atoms with Crippen LogP contribution in [0.5, 0.6) is 0 Å². The highest BCUT2D eigenvalue weighted by Crippen LogP contribution is 2.15. The van der Waals surface area contributed by atoms with Crippen LogP contribution in [0.2, 0.25) is 0 Å². The van der Waals surface area contributed by atoms with Crippen molar-refractivity contribution in [1.29, 1.82) is 0 Å². The van der Waals surface area contributed by atoms with E-state index in [1.54, 1.807) is 7.11 Å². The Kier molecular flexibility index (Phi) is 5.16. The number of nitrogens with one attached hydrogen (secondary N) is 1. The fraction of sp³-hybridized carbons (Fsp3) is 0.625. The van der Waals surface area contributed by atoms with Gasteiger partial charge in [-0.3, -0.25) is 10.1 Å². The van der Waals surface area contributed by atoms with Gasteiger partial charge in [-0.2, -0.15) is 0 Å². The maximum Gasteiger partial charge on any atom is 0.252 e. The topological polar surface area (TPSA) is 73.3 Å². The lowest BCUT2D eigenvalue weighted by Crippen LogP contribution is -2.17. The van der Waals surface area contributed by atoms with Gasteiger partial charge in [-0.25, -0.2) is 0 Å². The number of nitrogens with zero attached hydrogens (tertiary/aromatic N) is 2. The summed E-state index contributed by atoms with van der Waals surface area (Å²) in [7, 11) is 1.58. The maximum atomic E-state index is 11.2. The Balaban J connectivity index is 2.39. The molecule has 1 heterocycles. The summed E-state index contributed by atoms with van der Waals surface area (Å²) >= 11 is 1.28. The van der Waals surface area contributed by atoms with Crippen LogP contribution in [0.4, 0.5) is 5.13 Å². The molecular formula is C8H13N3O3S. The third-order valence-corrected chi connectivity index (χ3v) is 2.23. The van der Waals surface area contributed by atoms with Gasteiger partial charge in [0.2, 0.25) is 5.13 Å². The number of anilines is 1.